The van der Waals surface area contributed by atoms with E-state index in [9.17, 15) is 0 Å². The Kier molecular flexibility index (Phi) is 4.46. The van der Waals surface area contributed by atoms with E-state index < -0.39 is 0 Å². The van der Waals surface area contributed by atoms with Crippen molar-refractivity contribution in [1.29, 1.82) is 0 Å². The molecule has 2 nitrogen and oxygen atoms in total. The summed E-state index contributed by atoms with van der Waals surface area (Å²) in [6.07, 6.45) is 3.96. The van der Waals surface area contributed by atoms with E-state index in [1.54, 1.807) is 5.56 Å². The monoisotopic (exact) mass is 276 g/mol. The molecule has 2 aliphatic heterocycles. The van der Waals surface area contributed by atoms with Crippen molar-refractivity contribution in [1.82, 2.24) is 10.2 Å². The Morgan fingerprint density at radius 2 is 2.00 bits per heavy atom. The fraction of sp³-hybridized carbons (Fsp3) is 0.625. The molecule has 0 amide bonds. The molecule has 1 saturated heterocycles. The molecule has 104 valence electrons. The molecule has 0 aliphatic carbocycles. The quantitative estimate of drug-likeness (QED) is 0.910. The van der Waals surface area contributed by atoms with Gasteiger partial charge < -0.3 is 10.2 Å². The standard InChI is InChI=1S/C16H24N2S/c1-18-8-6-13(7-9-18)11-17-12-15-10-14-4-2-3-5-16(14)19-15/h2-5,13,15,17H,6-12H2,1H3. The highest BCUT2D eigenvalue weighted by Gasteiger charge is 2.22. The second-order valence-corrected chi connectivity index (χ2v) is 7.30. The third-order valence-electron chi connectivity index (χ3n) is 4.36. The fourth-order valence-corrected chi connectivity index (χ4v) is 4.37. The number of likely N-dealkylation sites (tertiary alicyclic amines) is 1. The van der Waals surface area contributed by atoms with Crippen LogP contribution in [0.4, 0.5) is 0 Å². The number of nitrogens with zero attached hydrogens (tertiary/aromatic N) is 1. The Hall–Kier alpha value is -0.510. The van der Waals surface area contributed by atoms with Gasteiger partial charge >= 0.3 is 0 Å². The zero-order valence-electron chi connectivity index (χ0n) is 11.8. The van der Waals surface area contributed by atoms with Crippen LogP contribution in [0.15, 0.2) is 29.2 Å². The maximum atomic E-state index is 3.71. The van der Waals surface area contributed by atoms with Crippen LogP contribution in [0.1, 0.15) is 18.4 Å². The second kappa shape index (κ2) is 6.29. The van der Waals surface area contributed by atoms with Crippen molar-refractivity contribution in [2.75, 3.05) is 33.2 Å². The molecule has 0 radical (unpaired) electrons. The van der Waals surface area contributed by atoms with E-state index in [4.69, 9.17) is 0 Å². The highest BCUT2D eigenvalue weighted by Crippen LogP contribution is 2.36. The van der Waals surface area contributed by atoms with Gasteiger partial charge in [-0.25, -0.2) is 0 Å². The molecule has 0 saturated carbocycles. The summed E-state index contributed by atoms with van der Waals surface area (Å²) in [5.74, 6) is 0.893. The third-order valence-corrected chi connectivity index (χ3v) is 5.68. The van der Waals surface area contributed by atoms with Crippen LogP contribution in [-0.4, -0.2) is 43.4 Å². The lowest BCUT2D eigenvalue weighted by Crippen LogP contribution is -2.36. The van der Waals surface area contributed by atoms with Gasteiger partial charge in [-0.1, -0.05) is 18.2 Å². The summed E-state index contributed by atoms with van der Waals surface area (Å²) in [7, 11) is 2.23. The summed E-state index contributed by atoms with van der Waals surface area (Å²) >= 11 is 2.05. The number of hydrogen-bond donors (Lipinski definition) is 1. The van der Waals surface area contributed by atoms with Gasteiger partial charge in [0.1, 0.15) is 0 Å². The predicted octanol–water partition coefficient (Wildman–Crippen LogP) is 2.63. The van der Waals surface area contributed by atoms with Gasteiger partial charge in [-0.3, -0.25) is 0 Å². The Bertz CT molecular complexity index is 388. The van der Waals surface area contributed by atoms with Crippen LogP contribution in [0.3, 0.4) is 0 Å². The number of benzene rings is 1. The van der Waals surface area contributed by atoms with Gasteiger partial charge in [0.25, 0.3) is 0 Å². The van der Waals surface area contributed by atoms with Crippen LogP contribution in [0, 0.1) is 5.92 Å². The van der Waals surface area contributed by atoms with Gasteiger partial charge in [0.15, 0.2) is 0 Å². The number of nitrogens with one attached hydrogen (secondary N) is 1. The fourth-order valence-electron chi connectivity index (χ4n) is 3.08. The van der Waals surface area contributed by atoms with Gasteiger partial charge in [0.05, 0.1) is 0 Å². The smallest absolute Gasteiger partial charge is 0.0260 e. The van der Waals surface area contributed by atoms with Gasteiger partial charge in [-0.15, -0.1) is 11.8 Å². The van der Waals surface area contributed by atoms with Crippen LogP contribution in [-0.2, 0) is 6.42 Å². The van der Waals surface area contributed by atoms with Crippen LogP contribution in [0.5, 0.6) is 0 Å². The zero-order valence-corrected chi connectivity index (χ0v) is 12.6. The second-order valence-electron chi connectivity index (χ2n) is 5.96. The summed E-state index contributed by atoms with van der Waals surface area (Å²) in [5, 5.41) is 4.45. The van der Waals surface area contributed by atoms with Gasteiger partial charge in [0, 0.05) is 16.7 Å². The van der Waals surface area contributed by atoms with Crippen molar-refractivity contribution in [2.24, 2.45) is 5.92 Å². The molecule has 1 aromatic rings. The van der Waals surface area contributed by atoms with Crippen molar-refractivity contribution < 1.29 is 0 Å². The first kappa shape index (κ1) is 13.5. The molecule has 19 heavy (non-hydrogen) atoms. The minimum Gasteiger partial charge on any atom is -0.315 e. The summed E-state index contributed by atoms with van der Waals surface area (Å²) in [6, 6.07) is 8.85. The SMILES string of the molecule is CN1CCC(CNCC2Cc3ccccc3S2)CC1. The normalized spacial score (nSPS) is 24.6. The molecule has 1 N–H and O–H groups in total. The van der Waals surface area contributed by atoms with Crippen LogP contribution in [0.2, 0.25) is 0 Å². The number of hydrogen-bond acceptors (Lipinski definition) is 3. The molecule has 1 unspecified atom stereocenters. The maximum absolute atomic E-state index is 3.71. The van der Waals surface area contributed by atoms with E-state index in [0.29, 0.717) is 0 Å². The Morgan fingerprint density at radius 3 is 2.79 bits per heavy atom. The average molecular weight is 276 g/mol. The first-order valence-corrected chi connectivity index (χ1v) is 8.33. The molecule has 2 aliphatic rings. The maximum Gasteiger partial charge on any atom is 0.0260 e. The highest BCUT2D eigenvalue weighted by atomic mass is 32.2. The average Bonchev–Trinajstić information content (AvgIpc) is 2.83. The molecule has 0 bridgehead atoms. The van der Waals surface area contributed by atoms with Crippen molar-refractivity contribution in [3.63, 3.8) is 0 Å². The Labute approximate surface area is 121 Å². The molecule has 1 fully saturated rings. The van der Waals surface area contributed by atoms with E-state index in [1.165, 1.54) is 43.8 Å². The lowest BCUT2D eigenvalue weighted by Gasteiger charge is -2.29. The van der Waals surface area contributed by atoms with E-state index in [1.807, 2.05) is 0 Å². The van der Waals surface area contributed by atoms with Gasteiger partial charge in [0.2, 0.25) is 0 Å². The molecular formula is C16H24N2S. The molecule has 1 aromatic carbocycles. The van der Waals surface area contributed by atoms with Crippen LogP contribution < -0.4 is 5.32 Å². The molecule has 1 atom stereocenters. The van der Waals surface area contributed by atoms with Crippen molar-refractivity contribution in [3.05, 3.63) is 29.8 Å². The van der Waals surface area contributed by atoms with E-state index in [0.717, 1.165) is 17.7 Å². The molecule has 0 spiro atoms. The number of rotatable bonds is 4. The highest BCUT2D eigenvalue weighted by molar-refractivity contribution is 8.00. The summed E-state index contributed by atoms with van der Waals surface area (Å²) < 4.78 is 0. The van der Waals surface area contributed by atoms with Gasteiger partial charge in [-0.05, 0) is 63.5 Å². The minimum atomic E-state index is 0.740. The van der Waals surface area contributed by atoms with Gasteiger partial charge in [-0.2, -0.15) is 0 Å². The van der Waals surface area contributed by atoms with Crippen molar-refractivity contribution in [3.8, 4) is 0 Å². The number of fused-ring (bicyclic) bond motifs is 1. The summed E-state index contributed by atoms with van der Waals surface area (Å²) in [6.45, 7) is 4.92. The summed E-state index contributed by atoms with van der Waals surface area (Å²) in [5.41, 5.74) is 1.54. The van der Waals surface area contributed by atoms with E-state index >= 15 is 0 Å². The predicted molar refractivity (Wildman–Crippen MR) is 82.9 cm³/mol. The first-order valence-electron chi connectivity index (χ1n) is 7.45. The number of thioether (sulfide) groups is 1. The van der Waals surface area contributed by atoms with Crippen molar-refractivity contribution in [2.45, 2.75) is 29.4 Å². The first-order chi connectivity index (χ1) is 9.31. The lowest BCUT2D eigenvalue weighted by molar-refractivity contribution is 0.216. The van der Waals surface area contributed by atoms with Crippen molar-refractivity contribution >= 4 is 11.8 Å². The lowest BCUT2D eigenvalue weighted by atomic mass is 9.97. The zero-order chi connectivity index (χ0) is 13.1. The van der Waals surface area contributed by atoms with Crippen LogP contribution >= 0.6 is 11.8 Å². The molecule has 0 aromatic heterocycles. The minimum absolute atomic E-state index is 0.740. The Balaban J connectivity index is 1.38. The van der Waals surface area contributed by atoms with E-state index in [2.05, 4.69) is 53.3 Å². The molecule has 3 rings (SSSR count). The molecular weight excluding hydrogens is 252 g/mol. The topological polar surface area (TPSA) is 15.3 Å². The largest absolute Gasteiger partial charge is 0.315 e. The summed E-state index contributed by atoms with van der Waals surface area (Å²) in [4.78, 5) is 3.94. The van der Waals surface area contributed by atoms with Crippen LogP contribution in [0.25, 0.3) is 0 Å². The van der Waals surface area contributed by atoms with E-state index in [-0.39, 0.29) is 0 Å². The third kappa shape index (κ3) is 3.53. The number of piperidine rings is 1. The Morgan fingerprint density at radius 1 is 1.21 bits per heavy atom. The molecule has 3 heteroatoms. The molecule has 2 heterocycles.